The SMILES string of the molecule is O=C(NCc1cccs1)c1cc(NS(=O)(=O)c2cccc(S(=O)(=O)F)c2)ccc1Cl. The molecule has 0 unspecified atom stereocenters. The molecule has 1 amide bonds. The molecule has 0 saturated carbocycles. The van der Waals surface area contributed by atoms with E-state index in [4.69, 9.17) is 11.6 Å². The summed E-state index contributed by atoms with van der Waals surface area (Å²) in [7, 11) is -9.32. The Morgan fingerprint density at radius 1 is 1.00 bits per heavy atom. The van der Waals surface area contributed by atoms with Crippen molar-refractivity contribution in [3.63, 3.8) is 0 Å². The predicted molar refractivity (Wildman–Crippen MR) is 112 cm³/mol. The van der Waals surface area contributed by atoms with Crippen molar-refractivity contribution < 1.29 is 25.5 Å². The van der Waals surface area contributed by atoms with Gasteiger partial charge in [0.05, 0.1) is 26.9 Å². The molecule has 0 saturated heterocycles. The van der Waals surface area contributed by atoms with Crippen molar-refractivity contribution >= 4 is 54.8 Å². The van der Waals surface area contributed by atoms with Gasteiger partial charge in [-0.05, 0) is 47.8 Å². The highest BCUT2D eigenvalue weighted by molar-refractivity contribution is 7.92. The van der Waals surface area contributed by atoms with E-state index in [0.717, 1.165) is 23.1 Å². The molecule has 30 heavy (non-hydrogen) atoms. The number of anilines is 1. The molecular formula is C18H14ClFN2O5S3. The zero-order valence-corrected chi connectivity index (χ0v) is 18.2. The summed E-state index contributed by atoms with van der Waals surface area (Å²) in [6.07, 6.45) is 0. The Morgan fingerprint density at radius 2 is 1.73 bits per heavy atom. The number of sulfonamides is 1. The van der Waals surface area contributed by atoms with Crippen molar-refractivity contribution in [3.8, 4) is 0 Å². The lowest BCUT2D eigenvalue weighted by atomic mass is 10.2. The van der Waals surface area contributed by atoms with Crippen LogP contribution in [0.15, 0.2) is 69.8 Å². The molecule has 12 heteroatoms. The number of thiophene rings is 1. The van der Waals surface area contributed by atoms with Gasteiger partial charge in [-0.1, -0.05) is 23.7 Å². The van der Waals surface area contributed by atoms with Gasteiger partial charge in [-0.2, -0.15) is 8.42 Å². The minimum atomic E-state index is -5.07. The van der Waals surface area contributed by atoms with Crippen LogP contribution in [-0.4, -0.2) is 22.7 Å². The highest BCUT2D eigenvalue weighted by atomic mass is 35.5. The van der Waals surface area contributed by atoms with Gasteiger partial charge in [0.25, 0.3) is 15.9 Å². The Morgan fingerprint density at radius 3 is 2.40 bits per heavy atom. The van der Waals surface area contributed by atoms with E-state index in [1.54, 1.807) is 0 Å². The molecule has 2 aromatic carbocycles. The lowest BCUT2D eigenvalue weighted by Crippen LogP contribution is -2.23. The Bertz CT molecular complexity index is 1290. The van der Waals surface area contributed by atoms with E-state index in [-0.39, 0.29) is 22.8 Å². The van der Waals surface area contributed by atoms with E-state index in [9.17, 15) is 25.5 Å². The summed E-state index contributed by atoms with van der Waals surface area (Å²) >= 11 is 7.53. The lowest BCUT2D eigenvalue weighted by Gasteiger charge is -2.11. The zero-order chi connectivity index (χ0) is 21.9. The number of hydrogen-bond donors (Lipinski definition) is 2. The molecule has 0 atom stereocenters. The summed E-state index contributed by atoms with van der Waals surface area (Å²) in [6.45, 7) is 0.285. The van der Waals surface area contributed by atoms with Gasteiger partial charge in [0.2, 0.25) is 0 Å². The number of carbonyl (C=O) groups excluding carboxylic acids is 1. The van der Waals surface area contributed by atoms with E-state index in [1.165, 1.54) is 29.5 Å². The maximum Gasteiger partial charge on any atom is 0.332 e. The summed E-state index contributed by atoms with van der Waals surface area (Å²) in [6, 6.07) is 11.5. The van der Waals surface area contributed by atoms with E-state index in [2.05, 4.69) is 10.0 Å². The van der Waals surface area contributed by atoms with Crippen LogP contribution in [-0.2, 0) is 26.8 Å². The monoisotopic (exact) mass is 488 g/mol. The van der Waals surface area contributed by atoms with Gasteiger partial charge in [0.15, 0.2) is 0 Å². The Labute approximate surface area is 181 Å². The smallest absolute Gasteiger partial charge is 0.332 e. The summed E-state index contributed by atoms with van der Waals surface area (Å²) in [4.78, 5) is 12.1. The highest BCUT2D eigenvalue weighted by Gasteiger charge is 2.20. The fraction of sp³-hybridized carbons (Fsp3) is 0.0556. The predicted octanol–water partition coefficient (Wildman–Crippen LogP) is 3.79. The molecule has 2 N–H and O–H groups in total. The van der Waals surface area contributed by atoms with Gasteiger partial charge in [-0.25, -0.2) is 8.42 Å². The number of rotatable bonds is 7. The maximum absolute atomic E-state index is 13.2. The molecule has 0 fully saturated rings. The van der Waals surface area contributed by atoms with E-state index in [0.29, 0.717) is 6.07 Å². The van der Waals surface area contributed by atoms with Crippen LogP contribution in [0.25, 0.3) is 0 Å². The van der Waals surface area contributed by atoms with Crippen molar-refractivity contribution in [1.82, 2.24) is 5.32 Å². The Kier molecular flexibility index (Phi) is 6.46. The molecule has 158 valence electrons. The van der Waals surface area contributed by atoms with Crippen molar-refractivity contribution in [1.29, 1.82) is 0 Å². The normalized spacial score (nSPS) is 11.8. The second kappa shape index (κ2) is 8.72. The number of amides is 1. The molecule has 1 heterocycles. The number of halogens is 2. The van der Waals surface area contributed by atoms with E-state index in [1.807, 2.05) is 17.5 Å². The lowest BCUT2D eigenvalue weighted by molar-refractivity contribution is 0.0951. The fourth-order valence-electron chi connectivity index (χ4n) is 2.45. The average molecular weight is 489 g/mol. The Hall–Kier alpha value is -2.47. The molecular weight excluding hydrogens is 475 g/mol. The van der Waals surface area contributed by atoms with Crippen molar-refractivity contribution in [3.05, 3.63) is 75.4 Å². The molecule has 0 aliphatic carbocycles. The van der Waals surface area contributed by atoms with Crippen molar-refractivity contribution in [2.24, 2.45) is 0 Å². The average Bonchev–Trinajstić information content (AvgIpc) is 3.20. The first kappa shape index (κ1) is 22.2. The van der Waals surface area contributed by atoms with Crippen LogP contribution >= 0.6 is 22.9 Å². The highest BCUT2D eigenvalue weighted by Crippen LogP contribution is 2.24. The fourth-order valence-corrected chi connectivity index (χ4v) is 4.97. The number of nitrogens with one attached hydrogen (secondary N) is 2. The summed E-state index contributed by atoms with van der Waals surface area (Å²) in [5.41, 5.74) is 0.0719. The second-order valence-electron chi connectivity index (χ2n) is 5.97. The summed E-state index contributed by atoms with van der Waals surface area (Å²) in [5.74, 6) is -0.500. The van der Waals surface area contributed by atoms with Gasteiger partial charge in [0, 0.05) is 10.6 Å². The van der Waals surface area contributed by atoms with Gasteiger partial charge in [0.1, 0.15) is 0 Å². The summed E-state index contributed by atoms with van der Waals surface area (Å²) in [5, 5.41) is 4.68. The third-order valence-corrected chi connectivity index (χ3v) is 7.27. The minimum Gasteiger partial charge on any atom is -0.347 e. The van der Waals surface area contributed by atoms with Gasteiger partial charge in [-0.15, -0.1) is 15.2 Å². The van der Waals surface area contributed by atoms with Crippen LogP contribution in [0, 0.1) is 0 Å². The van der Waals surface area contributed by atoms with Crippen molar-refractivity contribution in [2.75, 3.05) is 4.72 Å². The maximum atomic E-state index is 13.2. The minimum absolute atomic E-state index is 0.0224. The quantitative estimate of drug-likeness (QED) is 0.492. The van der Waals surface area contributed by atoms with Crippen molar-refractivity contribution in [2.45, 2.75) is 16.3 Å². The summed E-state index contributed by atoms with van der Waals surface area (Å²) < 4.78 is 62.6. The second-order valence-corrected chi connectivity index (χ2v) is 10.4. The Balaban J connectivity index is 1.83. The third kappa shape index (κ3) is 5.36. The first-order valence-electron chi connectivity index (χ1n) is 8.24. The third-order valence-electron chi connectivity index (χ3n) is 3.86. The molecule has 0 aliphatic heterocycles. The van der Waals surface area contributed by atoms with E-state index >= 15 is 0 Å². The topological polar surface area (TPSA) is 109 Å². The van der Waals surface area contributed by atoms with Gasteiger partial charge < -0.3 is 5.32 Å². The molecule has 0 bridgehead atoms. The van der Waals surface area contributed by atoms with Gasteiger partial charge in [-0.3, -0.25) is 9.52 Å². The van der Waals surface area contributed by atoms with Crippen LogP contribution in [0.2, 0.25) is 5.02 Å². The van der Waals surface area contributed by atoms with Crippen LogP contribution in [0.3, 0.4) is 0 Å². The first-order chi connectivity index (χ1) is 14.1. The molecule has 3 rings (SSSR count). The van der Waals surface area contributed by atoms with Crippen LogP contribution < -0.4 is 10.0 Å². The standard InChI is InChI=1S/C18H14ClFN2O5S3/c19-17-7-6-12(9-16(17)18(23)21-11-13-3-2-8-28-13)22-30(26,27)15-5-1-4-14(10-15)29(20,24)25/h1-10,22H,11H2,(H,21,23). The largest absolute Gasteiger partial charge is 0.347 e. The molecule has 1 aromatic heterocycles. The van der Waals surface area contributed by atoms with Crippen LogP contribution in [0.5, 0.6) is 0 Å². The van der Waals surface area contributed by atoms with Crippen LogP contribution in [0.4, 0.5) is 9.57 Å². The number of benzene rings is 2. The van der Waals surface area contributed by atoms with E-state index < -0.39 is 35.9 Å². The molecule has 3 aromatic rings. The molecule has 0 radical (unpaired) electrons. The number of hydrogen-bond acceptors (Lipinski definition) is 6. The molecule has 0 aliphatic rings. The van der Waals surface area contributed by atoms with Gasteiger partial charge >= 0.3 is 10.2 Å². The first-order valence-corrected chi connectivity index (χ1v) is 12.4. The molecule has 7 nitrogen and oxygen atoms in total. The van der Waals surface area contributed by atoms with Crippen LogP contribution in [0.1, 0.15) is 15.2 Å². The zero-order valence-electron chi connectivity index (χ0n) is 15.0. The number of carbonyl (C=O) groups is 1. The molecule has 0 spiro atoms.